The van der Waals surface area contributed by atoms with Crippen LogP contribution in [0.5, 0.6) is 0 Å². The molecule has 0 aromatic heterocycles. The van der Waals surface area contributed by atoms with E-state index in [2.05, 4.69) is 0 Å². The summed E-state index contributed by atoms with van der Waals surface area (Å²) in [6.45, 7) is 0. The van der Waals surface area contributed by atoms with Gasteiger partial charge < -0.3 is 14.3 Å². The predicted molar refractivity (Wildman–Crippen MR) is 59.3 cm³/mol. The molecule has 0 saturated carbocycles. The molecule has 0 aliphatic heterocycles. The fraction of sp³-hybridized carbons (Fsp3) is 0.400. The highest BCUT2D eigenvalue weighted by atomic mass is 31.2. The average Bonchev–Trinajstić information content (AvgIpc) is 2.00. The molecule has 5 heteroatoms. The Morgan fingerprint density at radius 3 is 1.93 bits per heavy atom. The Hall–Kier alpha value is -0.670. The highest BCUT2D eigenvalue weighted by Gasteiger charge is 2.41. The summed E-state index contributed by atoms with van der Waals surface area (Å²) in [5, 5.41) is 0. The van der Waals surface area contributed by atoms with Crippen LogP contribution in [0.1, 0.15) is 11.3 Å². The average molecular weight is 230 g/mol. The Morgan fingerprint density at radius 2 is 1.60 bits per heavy atom. The Morgan fingerprint density at radius 1 is 1.13 bits per heavy atom. The van der Waals surface area contributed by atoms with Crippen molar-refractivity contribution in [3.63, 3.8) is 0 Å². The molecule has 0 bridgehead atoms. The lowest BCUT2D eigenvalue weighted by molar-refractivity contribution is -0.888. The third-order valence-electron chi connectivity index (χ3n) is 2.15. The number of rotatable bonds is 3. The van der Waals surface area contributed by atoms with Gasteiger partial charge in [-0.1, -0.05) is 30.3 Å². The minimum absolute atomic E-state index is 0.203. The summed E-state index contributed by atoms with van der Waals surface area (Å²) in [5.74, 6) is -0.807. The lowest BCUT2D eigenvalue weighted by atomic mass is 10.2. The van der Waals surface area contributed by atoms with Crippen molar-refractivity contribution >= 4 is 7.60 Å². The fourth-order valence-corrected chi connectivity index (χ4v) is 3.18. The van der Waals surface area contributed by atoms with E-state index in [9.17, 15) is 14.4 Å². The molecular formula is C10H17NO3P+. The van der Waals surface area contributed by atoms with Crippen LogP contribution in [-0.2, 0) is 4.57 Å². The van der Waals surface area contributed by atoms with Gasteiger partial charge >= 0.3 is 7.60 Å². The fourth-order valence-electron chi connectivity index (χ4n) is 1.72. The highest BCUT2D eigenvalue weighted by molar-refractivity contribution is 7.51. The van der Waals surface area contributed by atoms with Gasteiger partial charge in [-0.15, -0.1) is 0 Å². The Labute approximate surface area is 89.9 Å². The number of hydrogen-bond acceptors (Lipinski definition) is 1. The zero-order valence-corrected chi connectivity index (χ0v) is 10.1. The molecule has 2 N–H and O–H groups in total. The standard InChI is InChI=1S/C10H16NO3P/c1-11(2,3)10(15(12,13)14)9-7-5-4-6-8-9/h4-8,10H,1-3H3,(H-,12,13,14)/p+1. The molecule has 1 aromatic carbocycles. The van der Waals surface area contributed by atoms with E-state index in [1.807, 2.05) is 6.07 Å². The molecule has 0 spiro atoms. The van der Waals surface area contributed by atoms with Crippen LogP contribution in [0.25, 0.3) is 0 Å². The van der Waals surface area contributed by atoms with Gasteiger partial charge in [-0.25, -0.2) is 0 Å². The molecule has 1 aromatic rings. The minimum Gasteiger partial charge on any atom is -0.320 e. The second-order valence-corrected chi connectivity index (χ2v) is 6.16. The molecule has 0 saturated heterocycles. The van der Waals surface area contributed by atoms with E-state index in [0.717, 1.165) is 0 Å². The van der Waals surface area contributed by atoms with Crippen LogP contribution >= 0.6 is 7.60 Å². The summed E-state index contributed by atoms with van der Waals surface area (Å²) in [6.07, 6.45) is 0. The van der Waals surface area contributed by atoms with Gasteiger partial charge in [-0.05, 0) is 0 Å². The summed E-state index contributed by atoms with van der Waals surface area (Å²) in [6, 6.07) is 8.89. The maximum Gasteiger partial charge on any atom is 0.387 e. The topological polar surface area (TPSA) is 57.5 Å². The van der Waals surface area contributed by atoms with E-state index >= 15 is 0 Å². The second kappa shape index (κ2) is 4.06. The van der Waals surface area contributed by atoms with Crippen LogP contribution in [-0.4, -0.2) is 35.4 Å². The van der Waals surface area contributed by atoms with Crippen molar-refractivity contribution in [2.45, 2.75) is 5.78 Å². The molecule has 1 rings (SSSR count). The molecule has 1 unspecified atom stereocenters. The van der Waals surface area contributed by atoms with E-state index in [4.69, 9.17) is 0 Å². The lowest BCUT2D eigenvalue weighted by Gasteiger charge is -2.34. The van der Waals surface area contributed by atoms with Gasteiger partial charge in [-0.3, -0.25) is 4.57 Å². The molecule has 4 nitrogen and oxygen atoms in total. The largest absolute Gasteiger partial charge is 0.387 e. The van der Waals surface area contributed by atoms with Crippen LogP contribution in [0.15, 0.2) is 30.3 Å². The lowest BCUT2D eigenvalue weighted by Crippen LogP contribution is -2.38. The van der Waals surface area contributed by atoms with E-state index in [-0.39, 0.29) is 4.48 Å². The first-order valence-electron chi connectivity index (χ1n) is 4.64. The first-order chi connectivity index (χ1) is 6.73. The number of hydrogen-bond donors (Lipinski definition) is 2. The van der Waals surface area contributed by atoms with Crippen molar-refractivity contribution in [2.75, 3.05) is 21.1 Å². The SMILES string of the molecule is C[N+](C)(C)C(c1ccccc1)P(=O)(O)O. The van der Waals surface area contributed by atoms with Crippen molar-refractivity contribution in [3.05, 3.63) is 35.9 Å². The van der Waals surface area contributed by atoms with Crippen molar-refractivity contribution in [2.24, 2.45) is 0 Å². The first-order valence-corrected chi connectivity index (χ1v) is 6.32. The zero-order valence-electron chi connectivity index (χ0n) is 9.16. The number of quaternary nitrogens is 1. The third-order valence-corrected chi connectivity index (χ3v) is 3.78. The molecule has 84 valence electrons. The Kier molecular flexibility index (Phi) is 3.36. The van der Waals surface area contributed by atoms with Gasteiger partial charge in [0.25, 0.3) is 0 Å². The minimum atomic E-state index is -4.15. The van der Waals surface area contributed by atoms with Crippen LogP contribution in [0.4, 0.5) is 0 Å². The Bertz CT molecular complexity index is 366. The van der Waals surface area contributed by atoms with Gasteiger partial charge in [0, 0.05) is 5.56 Å². The Balaban J connectivity index is 3.21. The summed E-state index contributed by atoms with van der Waals surface area (Å²) >= 11 is 0. The molecule has 0 heterocycles. The van der Waals surface area contributed by atoms with Gasteiger partial charge in [0.2, 0.25) is 5.78 Å². The summed E-state index contributed by atoms with van der Waals surface area (Å²) < 4.78 is 11.7. The molecule has 15 heavy (non-hydrogen) atoms. The van der Waals surface area contributed by atoms with E-state index in [1.54, 1.807) is 45.4 Å². The van der Waals surface area contributed by atoms with Crippen molar-refractivity contribution in [1.82, 2.24) is 0 Å². The van der Waals surface area contributed by atoms with E-state index in [0.29, 0.717) is 5.56 Å². The smallest absolute Gasteiger partial charge is 0.320 e. The van der Waals surface area contributed by atoms with Gasteiger partial charge in [0.15, 0.2) is 0 Å². The van der Waals surface area contributed by atoms with E-state index in [1.165, 1.54) is 0 Å². The number of benzene rings is 1. The quantitative estimate of drug-likeness (QED) is 0.612. The highest BCUT2D eigenvalue weighted by Crippen LogP contribution is 2.54. The van der Waals surface area contributed by atoms with Crippen LogP contribution in [0.3, 0.4) is 0 Å². The van der Waals surface area contributed by atoms with Gasteiger partial charge in [0.05, 0.1) is 21.1 Å². The molecule has 1 atom stereocenters. The van der Waals surface area contributed by atoms with Crippen molar-refractivity contribution in [3.8, 4) is 0 Å². The molecular weight excluding hydrogens is 213 g/mol. The third kappa shape index (κ3) is 3.14. The molecule has 0 aliphatic rings. The van der Waals surface area contributed by atoms with Crippen LogP contribution in [0, 0.1) is 0 Å². The van der Waals surface area contributed by atoms with Crippen LogP contribution < -0.4 is 0 Å². The molecule has 0 radical (unpaired) electrons. The van der Waals surface area contributed by atoms with E-state index < -0.39 is 13.4 Å². The van der Waals surface area contributed by atoms with Gasteiger partial charge in [0.1, 0.15) is 0 Å². The predicted octanol–water partition coefficient (Wildman–Crippen LogP) is 1.57. The van der Waals surface area contributed by atoms with Crippen molar-refractivity contribution < 1.29 is 18.8 Å². The second-order valence-electron chi connectivity index (χ2n) is 4.49. The molecule has 0 amide bonds. The number of nitrogens with zero attached hydrogens (tertiary/aromatic N) is 1. The normalized spacial score (nSPS) is 15.0. The maximum absolute atomic E-state index is 11.5. The monoisotopic (exact) mass is 230 g/mol. The molecule has 0 aliphatic carbocycles. The summed E-state index contributed by atoms with van der Waals surface area (Å²) in [7, 11) is 1.18. The van der Waals surface area contributed by atoms with Crippen LogP contribution in [0.2, 0.25) is 0 Å². The maximum atomic E-state index is 11.5. The first kappa shape index (κ1) is 12.4. The summed E-state index contributed by atoms with van der Waals surface area (Å²) in [5.41, 5.74) is 0.665. The zero-order chi connectivity index (χ0) is 11.7. The van der Waals surface area contributed by atoms with Crippen molar-refractivity contribution in [1.29, 1.82) is 0 Å². The van der Waals surface area contributed by atoms with Gasteiger partial charge in [-0.2, -0.15) is 0 Å². The summed E-state index contributed by atoms with van der Waals surface area (Å²) in [4.78, 5) is 18.7. The molecule has 0 fully saturated rings.